The molecule has 1 aromatic carbocycles. The van der Waals surface area contributed by atoms with Crippen LogP contribution in [0.5, 0.6) is 0 Å². The first-order valence-corrected chi connectivity index (χ1v) is 16.0. The van der Waals surface area contributed by atoms with Crippen molar-refractivity contribution in [2.24, 2.45) is 0 Å². The van der Waals surface area contributed by atoms with Crippen molar-refractivity contribution < 1.29 is 23.9 Å². The van der Waals surface area contributed by atoms with Gasteiger partial charge in [-0.3, -0.25) is 0 Å². The van der Waals surface area contributed by atoms with E-state index in [-0.39, 0.29) is 32.3 Å². The molecule has 0 heterocycles. The van der Waals surface area contributed by atoms with Crippen LogP contribution in [0.2, 0.25) is 4.82 Å². The predicted octanol–water partition coefficient (Wildman–Crippen LogP) is 5.90. The third kappa shape index (κ3) is 17.3. The van der Waals surface area contributed by atoms with Crippen LogP contribution >= 0.6 is 0 Å². The van der Waals surface area contributed by atoms with E-state index in [2.05, 4.69) is 24.4 Å². The molecule has 0 aliphatic rings. The molecule has 0 aliphatic carbocycles. The summed E-state index contributed by atoms with van der Waals surface area (Å²) in [6.07, 6.45) is 15.7. The van der Waals surface area contributed by atoms with E-state index in [0.717, 1.165) is 19.3 Å². The van der Waals surface area contributed by atoms with Crippen molar-refractivity contribution in [3.05, 3.63) is 30.3 Å². The molecular formula is C30H49NO5Se. The van der Waals surface area contributed by atoms with Gasteiger partial charge in [0, 0.05) is 0 Å². The average molecular weight is 583 g/mol. The van der Waals surface area contributed by atoms with Gasteiger partial charge in [-0.05, 0) is 0 Å². The first-order chi connectivity index (χ1) is 17.8. The Bertz CT molecular complexity index is 758. The normalized spacial score (nSPS) is 13.4. The molecule has 6 nitrogen and oxygen atoms in total. The maximum atomic E-state index is 12.1. The molecule has 1 N–H and O–H groups in total. The molecule has 0 aliphatic heterocycles. The number of carbonyl (C=O) groups is 3. The van der Waals surface area contributed by atoms with Crippen LogP contribution in [-0.4, -0.2) is 51.6 Å². The van der Waals surface area contributed by atoms with Gasteiger partial charge in [-0.25, -0.2) is 0 Å². The Balaban J connectivity index is 2.71. The molecule has 0 spiro atoms. The van der Waals surface area contributed by atoms with Gasteiger partial charge in [-0.2, -0.15) is 0 Å². The summed E-state index contributed by atoms with van der Waals surface area (Å²) in [5.74, 6) is -1.07. The predicted molar refractivity (Wildman–Crippen MR) is 151 cm³/mol. The fraction of sp³-hybridized carbons (Fsp3) is 0.700. The number of unbranched alkanes of at least 4 members (excludes halogenated alkanes) is 11. The van der Waals surface area contributed by atoms with Gasteiger partial charge >= 0.3 is 212 Å². The molecule has 0 radical (unpaired) electrons. The third-order valence-corrected chi connectivity index (χ3v) is 9.13. The van der Waals surface area contributed by atoms with Crippen LogP contribution in [-0.2, 0) is 23.9 Å². The molecule has 1 rings (SSSR count). The van der Waals surface area contributed by atoms with Gasteiger partial charge in [0.15, 0.2) is 0 Å². The van der Waals surface area contributed by atoms with Crippen LogP contribution in [0, 0.1) is 0 Å². The number of amides is 1. The Morgan fingerprint density at radius 1 is 0.784 bits per heavy atom. The first-order valence-electron chi connectivity index (χ1n) is 14.1. The van der Waals surface area contributed by atoms with E-state index in [9.17, 15) is 14.4 Å². The van der Waals surface area contributed by atoms with E-state index in [1.807, 2.05) is 18.2 Å². The molecule has 37 heavy (non-hydrogen) atoms. The van der Waals surface area contributed by atoms with Gasteiger partial charge in [0.1, 0.15) is 0 Å². The number of ether oxygens (including phenoxy) is 2. The van der Waals surface area contributed by atoms with Crippen LogP contribution in [0.4, 0.5) is 0 Å². The van der Waals surface area contributed by atoms with E-state index in [0.29, 0.717) is 0 Å². The van der Waals surface area contributed by atoms with Crippen molar-refractivity contribution in [1.82, 2.24) is 5.32 Å². The van der Waals surface area contributed by atoms with Crippen LogP contribution < -0.4 is 9.78 Å². The molecule has 210 valence electrons. The second kappa shape index (κ2) is 21.1. The molecule has 3 atom stereocenters. The maximum absolute atomic E-state index is 12.1. The van der Waals surface area contributed by atoms with Crippen molar-refractivity contribution >= 4 is 37.3 Å². The van der Waals surface area contributed by atoms with Crippen molar-refractivity contribution in [2.45, 2.75) is 128 Å². The zero-order valence-corrected chi connectivity index (χ0v) is 25.2. The van der Waals surface area contributed by atoms with Crippen molar-refractivity contribution in [3.63, 3.8) is 0 Å². The minimum atomic E-state index is -0.585. The van der Waals surface area contributed by atoms with Crippen LogP contribution in [0.25, 0.3) is 0 Å². The quantitative estimate of drug-likeness (QED) is 0.111. The fourth-order valence-electron chi connectivity index (χ4n) is 4.45. The van der Waals surface area contributed by atoms with Gasteiger partial charge < -0.3 is 0 Å². The van der Waals surface area contributed by atoms with Gasteiger partial charge in [-0.15, -0.1) is 0 Å². The Hall–Kier alpha value is -1.85. The van der Waals surface area contributed by atoms with Crippen molar-refractivity contribution in [3.8, 4) is 0 Å². The number of hydrogen-bond donors (Lipinski definition) is 1. The number of hydrogen-bond acceptors (Lipinski definition) is 5. The summed E-state index contributed by atoms with van der Waals surface area (Å²) < 4.78 is 12.3. The first kappa shape index (κ1) is 33.2. The molecule has 0 bridgehead atoms. The SMILES string of the molecule is CCCCCCCCCCCCCC[C@H]([Se]c1ccccc1)[C@@H](OC(C)=O)[C@H](COC(C)=O)NC(C)=O. The van der Waals surface area contributed by atoms with Gasteiger partial charge in [-0.1, -0.05) is 19.8 Å². The average Bonchev–Trinajstić information content (AvgIpc) is 2.85. The van der Waals surface area contributed by atoms with E-state index in [1.54, 1.807) is 0 Å². The summed E-state index contributed by atoms with van der Waals surface area (Å²) in [6, 6.07) is 9.63. The number of esters is 2. The third-order valence-electron chi connectivity index (χ3n) is 6.29. The van der Waals surface area contributed by atoms with E-state index >= 15 is 0 Å². The standard InChI is InChI=1S/C30H49NO5Se/c1-5-6-7-8-9-10-11-12-13-14-15-19-22-29(37-27-20-17-16-18-21-27)30(36-26(4)34)28(31-24(2)32)23-35-25(3)33/h16-18,20-21,28-30H,5-15,19,22-23H2,1-4H3,(H,31,32)/t28-,29-,30-/m0/s1. The molecule has 0 fully saturated rings. The van der Waals surface area contributed by atoms with E-state index in [1.165, 1.54) is 89.4 Å². The van der Waals surface area contributed by atoms with E-state index < -0.39 is 24.1 Å². The monoisotopic (exact) mass is 583 g/mol. The van der Waals surface area contributed by atoms with E-state index in [4.69, 9.17) is 9.47 Å². The minimum absolute atomic E-state index is 0.0199. The zero-order chi connectivity index (χ0) is 27.3. The summed E-state index contributed by atoms with van der Waals surface area (Å²) in [7, 11) is 0. The molecule has 0 saturated carbocycles. The summed E-state index contributed by atoms with van der Waals surface area (Å²) in [4.78, 5) is 35.6. The summed E-state index contributed by atoms with van der Waals surface area (Å²) >= 11 is 0.0199. The van der Waals surface area contributed by atoms with Crippen LogP contribution in [0.3, 0.4) is 0 Å². The molecular weight excluding hydrogens is 533 g/mol. The Kier molecular flexibility index (Phi) is 18.9. The number of rotatable bonds is 21. The van der Waals surface area contributed by atoms with Crippen LogP contribution in [0.1, 0.15) is 111 Å². The summed E-state index contributed by atoms with van der Waals surface area (Å²) in [5, 5.41) is 2.87. The molecule has 7 heteroatoms. The Labute approximate surface area is 231 Å². The summed E-state index contributed by atoms with van der Waals surface area (Å²) in [5.41, 5.74) is 0. The van der Waals surface area contributed by atoms with Gasteiger partial charge in [0.05, 0.1) is 0 Å². The van der Waals surface area contributed by atoms with Gasteiger partial charge in [0.25, 0.3) is 0 Å². The summed E-state index contributed by atoms with van der Waals surface area (Å²) in [6.45, 7) is 6.39. The molecule has 1 aromatic rings. The molecule has 1 amide bonds. The Morgan fingerprint density at radius 2 is 1.32 bits per heavy atom. The second-order valence-corrected chi connectivity index (χ2v) is 12.6. The van der Waals surface area contributed by atoms with Crippen molar-refractivity contribution in [1.29, 1.82) is 0 Å². The van der Waals surface area contributed by atoms with Gasteiger partial charge in [0.2, 0.25) is 0 Å². The number of benzene rings is 1. The molecule has 0 unspecified atom stereocenters. The Morgan fingerprint density at radius 3 is 1.81 bits per heavy atom. The number of nitrogens with one attached hydrogen (secondary N) is 1. The number of carbonyl (C=O) groups excluding carboxylic acids is 3. The zero-order valence-electron chi connectivity index (χ0n) is 23.5. The molecule has 0 saturated heterocycles. The fourth-order valence-corrected chi connectivity index (χ4v) is 7.23. The molecule has 0 aromatic heterocycles. The topological polar surface area (TPSA) is 81.7 Å². The van der Waals surface area contributed by atoms with Crippen LogP contribution in [0.15, 0.2) is 30.3 Å². The van der Waals surface area contributed by atoms with Crippen molar-refractivity contribution in [2.75, 3.05) is 6.61 Å². The second-order valence-electron chi connectivity index (χ2n) is 9.83.